The predicted octanol–water partition coefficient (Wildman–Crippen LogP) is 9.40. The van der Waals surface area contributed by atoms with Crippen molar-refractivity contribution < 1.29 is 14.6 Å². The Morgan fingerprint density at radius 3 is 2.09 bits per heavy atom. The number of halogens is 2. The summed E-state index contributed by atoms with van der Waals surface area (Å²) >= 11 is 12.5. The highest BCUT2D eigenvalue weighted by Crippen LogP contribution is 2.42. The van der Waals surface area contributed by atoms with E-state index in [4.69, 9.17) is 32.9 Å². The topological polar surface area (TPSA) is 64.3 Å². The summed E-state index contributed by atoms with van der Waals surface area (Å²) in [5.74, 6) is 1.77. The summed E-state index contributed by atoms with van der Waals surface area (Å²) < 4.78 is 8.49. The van der Waals surface area contributed by atoms with Gasteiger partial charge in [0, 0.05) is 27.4 Å². The Labute approximate surface area is 278 Å². The summed E-state index contributed by atoms with van der Waals surface area (Å²) in [7, 11) is 0. The van der Waals surface area contributed by atoms with Crippen molar-refractivity contribution in [3.05, 3.63) is 165 Å². The molecular weight excluding hydrogens is 615 g/mol. The number of hydrogen-bond acceptors (Lipinski definition) is 4. The van der Waals surface area contributed by atoms with E-state index in [0.29, 0.717) is 46.0 Å². The first kappa shape index (κ1) is 30.2. The molecule has 1 aromatic heterocycles. The van der Waals surface area contributed by atoms with Crippen LogP contribution in [0.2, 0.25) is 10.0 Å². The smallest absolute Gasteiger partial charge is 0.195 e. The van der Waals surface area contributed by atoms with Crippen LogP contribution in [0.3, 0.4) is 0 Å². The van der Waals surface area contributed by atoms with Crippen LogP contribution in [0.15, 0.2) is 121 Å². The van der Waals surface area contributed by atoms with Gasteiger partial charge in [-0.05, 0) is 83.6 Å². The summed E-state index contributed by atoms with van der Waals surface area (Å²) in [5, 5.41) is 12.2. The van der Waals surface area contributed by atoms with Crippen LogP contribution in [0, 0.1) is 0 Å². The van der Waals surface area contributed by atoms with Crippen molar-refractivity contribution in [2.45, 2.75) is 37.3 Å². The molecule has 230 valence electrons. The third kappa shape index (κ3) is 6.45. The van der Waals surface area contributed by atoms with Crippen LogP contribution in [0.5, 0.6) is 5.75 Å². The maximum Gasteiger partial charge on any atom is 0.195 e. The molecule has 7 rings (SSSR count). The molecular formula is C39H32Cl2N2O3. The number of rotatable bonds is 11. The minimum Gasteiger partial charge on any atom is -0.492 e. The lowest BCUT2D eigenvalue weighted by Gasteiger charge is -2.20. The molecule has 0 aliphatic heterocycles. The molecule has 1 heterocycles. The van der Waals surface area contributed by atoms with Gasteiger partial charge in [0.15, 0.2) is 5.78 Å². The van der Waals surface area contributed by atoms with Crippen LogP contribution in [-0.4, -0.2) is 27.0 Å². The van der Waals surface area contributed by atoms with Crippen molar-refractivity contribution in [2.24, 2.45) is 0 Å². The number of imidazole rings is 1. The summed E-state index contributed by atoms with van der Waals surface area (Å²) in [4.78, 5) is 17.9. The third-order valence-corrected chi connectivity index (χ3v) is 9.05. The van der Waals surface area contributed by atoms with Crippen LogP contribution in [0.4, 0.5) is 0 Å². The molecule has 5 aromatic carbocycles. The molecule has 1 N–H and O–H groups in total. The fraction of sp³-hybridized carbons (Fsp3) is 0.179. The fourth-order valence-corrected chi connectivity index (χ4v) is 6.31. The third-order valence-electron chi connectivity index (χ3n) is 8.55. The number of benzene rings is 5. The Morgan fingerprint density at radius 2 is 1.43 bits per heavy atom. The zero-order valence-electron chi connectivity index (χ0n) is 25.0. The van der Waals surface area contributed by atoms with E-state index in [-0.39, 0.29) is 11.7 Å². The van der Waals surface area contributed by atoms with Crippen LogP contribution >= 0.6 is 23.2 Å². The van der Waals surface area contributed by atoms with E-state index >= 15 is 0 Å². The quantitative estimate of drug-likeness (QED) is 0.112. The van der Waals surface area contributed by atoms with Crippen LogP contribution in [0.25, 0.3) is 11.0 Å². The van der Waals surface area contributed by atoms with Gasteiger partial charge in [0.1, 0.15) is 24.3 Å². The monoisotopic (exact) mass is 646 g/mol. The van der Waals surface area contributed by atoms with E-state index in [1.807, 2.05) is 36.4 Å². The number of ether oxygens (including phenoxy) is 1. The van der Waals surface area contributed by atoms with Crippen LogP contribution in [0.1, 0.15) is 69.2 Å². The van der Waals surface area contributed by atoms with Gasteiger partial charge in [-0.2, -0.15) is 0 Å². The summed E-state index contributed by atoms with van der Waals surface area (Å²) in [6.07, 6.45) is 0.993. The van der Waals surface area contributed by atoms with Crippen molar-refractivity contribution in [3.63, 3.8) is 0 Å². The highest BCUT2D eigenvalue weighted by molar-refractivity contribution is 6.30. The Hall–Kier alpha value is -4.42. The zero-order valence-corrected chi connectivity index (χ0v) is 26.5. The van der Waals surface area contributed by atoms with E-state index in [9.17, 15) is 9.90 Å². The van der Waals surface area contributed by atoms with Crippen molar-refractivity contribution in [3.8, 4) is 5.75 Å². The number of Topliss-reactive ketones (excluding diaryl/α,β-unsaturated/α-hetero) is 1. The van der Waals surface area contributed by atoms with Gasteiger partial charge < -0.3 is 14.4 Å². The van der Waals surface area contributed by atoms with Gasteiger partial charge in [-0.25, -0.2) is 4.98 Å². The van der Waals surface area contributed by atoms with Crippen molar-refractivity contribution in [1.29, 1.82) is 0 Å². The SMILES string of the molecule is O=C(c1ccccc1)C(O)c1cccc(OCCn2c(C3CC3)nc3ccc(C(c4ccc(Cl)cc4)c4ccc(Cl)cc4)cc32)c1. The summed E-state index contributed by atoms with van der Waals surface area (Å²) in [5.41, 5.74) is 6.40. The molecule has 0 radical (unpaired) electrons. The fourth-order valence-electron chi connectivity index (χ4n) is 6.05. The van der Waals surface area contributed by atoms with Gasteiger partial charge in [0.2, 0.25) is 0 Å². The van der Waals surface area contributed by atoms with Crippen LogP contribution in [-0.2, 0) is 6.54 Å². The molecule has 5 nitrogen and oxygen atoms in total. The maximum atomic E-state index is 12.8. The average molecular weight is 648 g/mol. The molecule has 1 atom stereocenters. The molecule has 1 unspecified atom stereocenters. The molecule has 1 aliphatic carbocycles. The second-order valence-corrected chi connectivity index (χ2v) is 12.6. The van der Waals surface area contributed by atoms with E-state index < -0.39 is 6.10 Å². The van der Waals surface area contributed by atoms with Crippen molar-refractivity contribution in [2.75, 3.05) is 6.61 Å². The Morgan fingerprint density at radius 1 is 0.783 bits per heavy atom. The number of aliphatic hydroxyl groups excluding tert-OH is 1. The zero-order chi connectivity index (χ0) is 31.6. The molecule has 0 saturated heterocycles. The molecule has 0 amide bonds. The second-order valence-electron chi connectivity index (χ2n) is 11.7. The van der Waals surface area contributed by atoms with Gasteiger partial charge in [-0.15, -0.1) is 0 Å². The number of aliphatic hydroxyl groups is 1. The van der Waals surface area contributed by atoms with E-state index in [2.05, 4.69) is 47.0 Å². The number of carbonyl (C=O) groups is 1. The first-order valence-electron chi connectivity index (χ1n) is 15.5. The Balaban J connectivity index is 1.16. The van der Waals surface area contributed by atoms with E-state index in [1.165, 1.54) is 0 Å². The van der Waals surface area contributed by atoms with Gasteiger partial charge in [-0.1, -0.05) is 96.0 Å². The molecule has 0 bridgehead atoms. The van der Waals surface area contributed by atoms with Gasteiger partial charge in [-0.3, -0.25) is 4.79 Å². The number of carbonyl (C=O) groups excluding carboxylic acids is 1. The number of nitrogens with zero attached hydrogens (tertiary/aromatic N) is 2. The standard InChI is InChI=1S/C39H32Cl2N2O3/c40-31-16-11-25(12-17-31)36(26-13-18-32(41)19-14-26)29-15-20-34-35(24-29)43(39(42-34)28-9-10-28)21-22-46-33-8-4-7-30(23-33)38(45)37(44)27-5-2-1-3-6-27/h1-8,11-20,23-24,28,36,38,45H,9-10,21-22H2. The number of ketones is 1. The van der Waals surface area contributed by atoms with E-state index in [1.54, 1.807) is 42.5 Å². The molecule has 1 fully saturated rings. The molecule has 1 saturated carbocycles. The Kier molecular flexibility index (Phi) is 8.63. The normalized spacial score (nSPS) is 13.7. The van der Waals surface area contributed by atoms with E-state index in [0.717, 1.165) is 46.4 Å². The van der Waals surface area contributed by atoms with Crippen molar-refractivity contribution in [1.82, 2.24) is 9.55 Å². The predicted molar refractivity (Wildman–Crippen MR) is 183 cm³/mol. The molecule has 46 heavy (non-hydrogen) atoms. The lowest BCUT2D eigenvalue weighted by atomic mass is 9.85. The molecule has 7 heteroatoms. The number of aromatic nitrogens is 2. The summed E-state index contributed by atoms with van der Waals surface area (Å²) in [6.45, 7) is 1.01. The molecule has 0 spiro atoms. The molecule has 1 aliphatic rings. The highest BCUT2D eigenvalue weighted by Gasteiger charge is 2.30. The lowest BCUT2D eigenvalue weighted by molar-refractivity contribution is 0.0747. The minimum atomic E-state index is -1.27. The first-order valence-corrected chi connectivity index (χ1v) is 16.2. The van der Waals surface area contributed by atoms with Crippen LogP contribution < -0.4 is 4.74 Å². The van der Waals surface area contributed by atoms with Crippen molar-refractivity contribution >= 4 is 40.0 Å². The van der Waals surface area contributed by atoms with Gasteiger partial charge in [0.05, 0.1) is 17.6 Å². The lowest BCUT2D eigenvalue weighted by Crippen LogP contribution is -2.13. The number of hydrogen-bond donors (Lipinski definition) is 1. The molecule has 6 aromatic rings. The minimum absolute atomic E-state index is 0.0179. The summed E-state index contributed by atoms with van der Waals surface area (Å²) in [6, 6.07) is 38.5. The largest absolute Gasteiger partial charge is 0.492 e. The van der Waals surface area contributed by atoms with Gasteiger partial charge in [0.25, 0.3) is 0 Å². The first-order chi connectivity index (χ1) is 22.4. The highest BCUT2D eigenvalue weighted by atomic mass is 35.5. The average Bonchev–Trinajstić information content (AvgIpc) is 3.88. The number of fused-ring (bicyclic) bond motifs is 1. The van der Waals surface area contributed by atoms with Gasteiger partial charge >= 0.3 is 0 Å². The maximum absolute atomic E-state index is 12.8. The second kappa shape index (κ2) is 13.1. The Bertz CT molecular complexity index is 1940.